The molecule has 1 aromatic carbocycles. The van der Waals surface area contributed by atoms with E-state index in [9.17, 15) is 4.21 Å². The molecule has 1 saturated carbocycles. The number of fused-ring (bicyclic) bond motifs is 1. The Morgan fingerprint density at radius 3 is 2.90 bits per heavy atom. The van der Waals surface area contributed by atoms with Crippen molar-refractivity contribution in [1.82, 2.24) is 19.9 Å². The lowest BCUT2D eigenvalue weighted by Gasteiger charge is -2.14. The zero-order valence-electron chi connectivity index (χ0n) is 16.6. The van der Waals surface area contributed by atoms with Crippen LogP contribution < -0.4 is 10.1 Å². The van der Waals surface area contributed by atoms with Crippen LogP contribution in [-0.2, 0) is 9.73 Å². The first-order chi connectivity index (χ1) is 15.0. The maximum Gasteiger partial charge on any atom is 0.227 e. The zero-order valence-corrected chi connectivity index (χ0v) is 18.1. The molecular weight excluding hydrogens is 436 g/mol. The van der Waals surface area contributed by atoms with E-state index in [0.29, 0.717) is 33.0 Å². The Morgan fingerprint density at radius 1 is 1.29 bits per heavy atom. The molecule has 4 aromatic rings. The largest absolute Gasteiger partial charge is 0.495 e. The zero-order chi connectivity index (χ0) is 21.6. The van der Waals surface area contributed by atoms with Gasteiger partial charge in [0.1, 0.15) is 11.4 Å². The molecule has 8 nitrogen and oxygen atoms in total. The Hall–Kier alpha value is -3.17. The normalized spacial score (nSPS) is 15.5. The molecule has 0 radical (unpaired) electrons. The third-order valence-corrected chi connectivity index (χ3v) is 7.85. The van der Waals surface area contributed by atoms with Crippen molar-refractivity contribution in [1.29, 1.82) is 4.78 Å². The Labute approximate surface area is 184 Å². The van der Waals surface area contributed by atoms with Crippen molar-refractivity contribution in [2.45, 2.75) is 23.0 Å². The fourth-order valence-electron chi connectivity index (χ4n) is 3.44. The van der Waals surface area contributed by atoms with Crippen molar-refractivity contribution >= 4 is 44.0 Å². The molecule has 3 N–H and O–H groups in total. The molecule has 10 heteroatoms. The van der Waals surface area contributed by atoms with Crippen molar-refractivity contribution in [2.24, 2.45) is 0 Å². The number of aromatic amines is 1. The van der Waals surface area contributed by atoms with E-state index in [1.165, 1.54) is 13.3 Å². The average molecular weight is 455 g/mol. The van der Waals surface area contributed by atoms with Crippen LogP contribution in [0.15, 0.2) is 53.8 Å². The lowest BCUT2D eigenvalue weighted by molar-refractivity contribution is 0.415. The SMILES string of the molecule is COc1cc(S(=N)(=O)C2CC2)ccc1Nc1ncc(Cl)c(-c2c[nH]c3ncccc23)n1. The van der Waals surface area contributed by atoms with Gasteiger partial charge in [0.15, 0.2) is 0 Å². The molecular formula is C21H19ClN6O2S. The average Bonchev–Trinajstić information content (AvgIpc) is 3.56. The molecule has 3 heterocycles. The summed E-state index contributed by atoms with van der Waals surface area (Å²) in [7, 11) is -1.29. The minimum atomic E-state index is -2.82. The van der Waals surface area contributed by atoms with Gasteiger partial charge >= 0.3 is 0 Å². The molecule has 0 bridgehead atoms. The predicted octanol–water partition coefficient (Wildman–Crippen LogP) is 4.99. The number of benzene rings is 1. The molecule has 158 valence electrons. The van der Waals surface area contributed by atoms with Gasteiger partial charge in [-0.1, -0.05) is 11.6 Å². The second-order valence-corrected chi connectivity index (χ2v) is 10.0. The molecule has 5 rings (SSSR count). The number of nitrogens with zero attached hydrogens (tertiary/aromatic N) is 3. The monoisotopic (exact) mass is 454 g/mol. The van der Waals surface area contributed by atoms with Crippen LogP contribution >= 0.6 is 11.6 Å². The van der Waals surface area contributed by atoms with Gasteiger partial charge in [0.05, 0.1) is 44.3 Å². The summed E-state index contributed by atoms with van der Waals surface area (Å²) in [5.74, 6) is 0.798. The first-order valence-corrected chi connectivity index (χ1v) is 11.6. The molecule has 0 saturated heterocycles. The van der Waals surface area contributed by atoms with Crippen molar-refractivity contribution in [3.05, 3.63) is 53.9 Å². The van der Waals surface area contributed by atoms with E-state index in [-0.39, 0.29) is 5.25 Å². The highest BCUT2D eigenvalue weighted by molar-refractivity contribution is 7.93. The highest BCUT2D eigenvalue weighted by atomic mass is 35.5. The first kappa shape index (κ1) is 19.8. The summed E-state index contributed by atoms with van der Waals surface area (Å²) < 4.78 is 26.5. The maximum atomic E-state index is 12.8. The lowest BCUT2D eigenvalue weighted by atomic mass is 10.1. The number of anilines is 2. The summed E-state index contributed by atoms with van der Waals surface area (Å²) in [6, 6.07) is 8.88. The number of ether oxygens (including phenoxy) is 1. The summed E-state index contributed by atoms with van der Waals surface area (Å²) in [5.41, 5.74) is 2.73. The van der Waals surface area contributed by atoms with Crippen molar-refractivity contribution in [3.8, 4) is 17.0 Å². The Morgan fingerprint density at radius 2 is 2.13 bits per heavy atom. The standard InChI is InChI=1S/C21H19ClN6O2S/c1-30-18-9-13(31(23,29)12-4-5-12)6-7-17(18)27-21-26-11-16(22)19(28-21)15-10-25-20-14(15)3-2-8-24-20/h2-3,6-12,23H,4-5H2,1H3,(H,24,25)(H,26,27,28). The van der Waals surface area contributed by atoms with E-state index in [1.54, 1.807) is 24.4 Å². The molecule has 1 fully saturated rings. The minimum Gasteiger partial charge on any atom is -0.495 e. The van der Waals surface area contributed by atoms with Gasteiger partial charge in [-0.25, -0.2) is 23.9 Å². The number of methoxy groups -OCH3 is 1. The van der Waals surface area contributed by atoms with E-state index in [0.717, 1.165) is 29.4 Å². The molecule has 1 unspecified atom stereocenters. The summed E-state index contributed by atoms with van der Waals surface area (Å²) >= 11 is 6.39. The molecule has 0 spiro atoms. The van der Waals surface area contributed by atoms with E-state index in [1.807, 2.05) is 18.3 Å². The van der Waals surface area contributed by atoms with Crippen LogP contribution in [0.1, 0.15) is 12.8 Å². The molecule has 31 heavy (non-hydrogen) atoms. The second-order valence-electron chi connectivity index (χ2n) is 7.28. The van der Waals surface area contributed by atoms with Crippen LogP contribution in [0.2, 0.25) is 5.02 Å². The highest BCUT2D eigenvalue weighted by Gasteiger charge is 2.34. The third kappa shape index (κ3) is 3.60. The van der Waals surface area contributed by atoms with Gasteiger partial charge in [0.25, 0.3) is 0 Å². The van der Waals surface area contributed by atoms with Crippen LogP contribution in [0.4, 0.5) is 11.6 Å². The number of nitrogens with one attached hydrogen (secondary N) is 3. The summed E-state index contributed by atoms with van der Waals surface area (Å²) in [6.07, 6.45) is 6.72. The fourth-order valence-corrected chi connectivity index (χ4v) is 5.37. The van der Waals surface area contributed by atoms with Crippen LogP contribution in [-0.4, -0.2) is 36.5 Å². The second kappa shape index (κ2) is 7.51. The van der Waals surface area contributed by atoms with Crippen LogP contribution in [0.25, 0.3) is 22.3 Å². The summed E-state index contributed by atoms with van der Waals surface area (Å²) in [4.78, 5) is 16.8. The van der Waals surface area contributed by atoms with Crippen molar-refractivity contribution < 1.29 is 8.95 Å². The summed E-state index contributed by atoms with van der Waals surface area (Å²) in [6.45, 7) is 0. The number of hydrogen-bond donors (Lipinski definition) is 3. The Balaban J connectivity index is 1.50. The minimum absolute atomic E-state index is 0.0659. The smallest absolute Gasteiger partial charge is 0.227 e. The van der Waals surface area contributed by atoms with E-state index >= 15 is 0 Å². The van der Waals surface area contributed by atoms with E-state index in [4.69, 9.17) is 21.1 Å². The van der Waals surface area contributed by atoms with Crippen molar-refractivity contribution in [2.75, 3.05) is 12.4 Å². The van der Waals surface area contributed by atoms with Gasteiger partial charge < -0.3 is 15.0 Å². The number of rotatable bonds is 6. The molecule has 1 aliphatic rings. The van der Waals surface area contributed by atoms with Gasteiger partial charge in [-0.3, -0.25) is 0 Å². The molecule has 0 amide bonds. The molecule has 3 aromatic heterocycles. The quantitative estimate of drug-likeness (QED) is 0.377. The van der Waals surface area contributed by atoms with Crippen LogP contribution in [0.5, 0.6) is 5.75 Å². The highest BCUT2D eigenvalue weighted by Crippen LogP contribution is 2.38. The number of halogens is 1. The van der Waals surface area contributed by atoms with E-state index < -0.39 is 9.73 Å². The fraction of sp³-hybridized carbons (Fsp3) is 0.190. The first-order valence-electron chi connectivity index (χ1n) is 9.65. The van der Waals surface area contributed by atoms with Gasteiger partial charge in [0.2, 0.25) is 5.95 Å². The lowest BCUT2D eigenvalue weighted by Crippen LogP contribution is -2.06. The van der Waals surface area contributed by atoms with Crippen LogP contribution in [0.3, 0.4) is 0 Å². The van der Waals surface area contributed by atoms with Crippen molar-refractivity contribution in [3.63, 3.8) is 0 Å². The number of hydrogen-bond acceptors (Lipinski definition) is 7. The van der Waals surface area contributed by atoms with Gasteiger partial charge in [-0.05, 0) is 43.2 Å². The summed E-state index contributed by atoms with van der Waals surface area (Å²) in [5, 5.41) is 4.39. The molecule has 1 atom stereocenters. The van der Waals surface area contributed by atoms with Gasteiger partial charge in [-0.15, -0.1) is 0 Å². The maximum absolute atomic E-state index is 12.8. The molecule has 0 aliphatic heterocycles. The number of H-pyrrole nitrogens is 1. The van der Waals surface area contributed by atoms with Gasteiger partial charge in [0, 0.05) is 28.6 Å². The third-order valence-electron chi connectivity index (χ3n) is 5.21. The molecule has 1 aliphatic carbocycles. The Kier molecular flexibility index (Phi) is 4.79. The number of pyridine rings is 1. The Bertz CT molecular complexity index is 1400. The number of aromatic nitrogens is 4. The van der Waals surface area contributed by atoms with Crippen LogP contribution in [0, 0.1) is 4.78 Å². The predicted molar refractivity (Wildman–Crippen MR) is 121 cm³/mol. The topological polar surface area (TPSA) is 117 Å². The van der Waals surface area contributed by atoms with Gasteiger partial charge in [-0.2, -0.15) is 0 Å². The van der Waals surface area contributed by atoms with E-state index in [2.05, 4.69) is 25.3 Å².